The maximum absolute atomic E-state index is 4.35. The fourth-order valence-electron chi connectivity index (χ4n) is 3.26. The average Bonchev–Trinajstić information content (AvgIpc) is 2.98. The van der Waals surface area contributed by atoms with Gasteiger partial charge in [-0.25, -0.2) is 4.98 Å². The minimum absolute atomic E-state index is 0.503. The van der Waals surface area contributed by atoms with E-state index in [0.29, 0.717) is 5.41 Å². The molecule has 0 aliphatic heterocycles. The summed E-state index contributed by atoms with van der Waals surface area (Å²) < 4.78 is 0. The molecule has 1 aromatic heterocycles. The van der Waals surface area contributed by atoms with E-state index in [1.54, 1.807) is 11.3 Å². The third kappa shape index (κ3) is 4.01. The quantitative estimate of drug-likeness (QED) is 0.832. The molecule has 0 saturated heterocycles. The van der Waals surface area contributed by atoms with Crippen LogP contribution in [0.2, 0.25) is 0 Å². The van der Waals surface area contributed by atoms with Gasteiger partial charge >= 0.3 is 0 Å². The van der Waals surface area contributed by atoms with Gasteiger partial charge in [-0.05, 0) is 38.8 Å². The molecule has 2 rings (SSSR count). The summed E-state index contributed by atoms with van der Waals surface area (Å²) in [6.07, 6.45) is 5.57. The summed E-state index contributed by atoms with van der Waals surface area (Å²) in [7, 11) is 2.26. The summed E-state index contributed by atoms with van der Waals surface area (Å²) in [4.78, 5) is 8.25. The van der Waals surface area contributed by atoms with Gasteiger partial charge < -0.3 is 10.2 Å². The highest BCUT2D eigenvalue weighted by atomic mass is 32.1. The maximum atomic E-state index is 4.35. The fraction of sp³-hybridized carbons (Fsp3) is 0.800. The first kappa shape index (κ1) is 14.9. The van der Waals surface area contributed by atoms with Gasteiger partial charge in [-0.2, -0.15) is 0 Å². The van der Waals surface area contributed by atoms with Crippen molar-refractivity contribution in [3.63, 3.8) is 0 Å². The molecule has 1 heterocycles. The molecule has 19 heavy (non-hydrogen) atoms. The Morgan fingerprint density at radius 1 is 1.42 bits per heavy atom. The fourth-order valence-corrected chi connectivity index (χ4v) is 4.11. The molecule has 0 unspecified atom stereocenters. The highest BCUT2D eigenvalue weighted by Gasteiger charge is 2.34. The van der Waals surface area contributed by atoms with Gasteiger partial charge in [0.25, 0.3) is 0 Å². The largest absolute Gasteiger partial charge is 0.316 e. The highest BCUT2D eigenvalue weighted by Crippen LogP contribution is 2.38. The van der Waals surface area contributed by atoms with Gasteiger partial charge in [0.1, 0.15) is 0 Å². The van der Waals surface area contributed by atoms with Crippen LogP contribution in [0.4, 0.5) is 0 Å². The lowest BCUT2D eigenvalue weighted by Gasteiger charge is -2.33. The molecule has 0 spiro atoms. The predicted octanol–water partition coefficient (Wildman–Crippen LogP) is 3.05. The predicted molar refractivity (Wildman–Crippen MR) is 82.6 cm³/mol. The van der Waals surface area contributed by atoms with Crippen LogP contribution in [0, 0.1) is 12.3 Å². The zero-order valence-corrected chi connectivity index (χ0v) is 13.4. The number of thiazole rings is 1. The first-order chi connectivity index (χ1) is 9.15. The average molecular weight is 281 g/mol. The molecule has 4 heteroatoms. The van der Waals surface area contributed by atoms with E-state index in [9.17, 15) is 0 Å². The molecule has 1 N–H and O–H groups in total. The van der Waals surface area contributed by atoms with Crippen molar-refractivity contribution in [2.75, 3.05) is 26.7 Å². The van der Waals surface area contributed by atoms with Crippen molar-refractivity contribution in [3.8, 4) is 0 Å². The molecule has 0 bridgehead atoms. The monoisotopic (exact) mass is 281 g/mol. The second-order valence-electron chi connectivity index (χ2n) is 6.02. The first-order valence-electron chi connectivity index (χ1n) is 7.43. The first-order valence-corrected chi connectivity index (χ1v) is 8.31. The Bertz CT molecular complexity index is 382. The molecule has 108 valence electrons. The van der Waals surface area contributed by atoms with Crippen molar-refractivity contribution in [3.05, 3.63) is 16.1 Å². The summed E-state index contributed by atoms with van der Waals surface area (Å²) in [6, 6.07) is 0. The van der Waals surface area contributed by atoms with E-state index in [1.807, 2.05) is 5.51 Å². The summed E-state index contributed by atoms with van der Waals surface area (Å²) in [5.74, 6) is 0. The summed E-state index contributed by atoms with van der Waals surface area (Å²) >= 11 is 1.78. The van der Waals surface area contributed by atoms with Gasteiger partial charge in [0.05, 0.1) is 11.2 Å². The van der Waals surface area contributed by atoms with E-state index >= 15 is 0 Å². The molecule has 0 amide bonds. The maximum Gasteiger partial charge on any atom is 0.0798 e. The molecule has 1 aliphatic carbocycles. The van der Waals surface area contributed by atoms with E-state index in [1.165, 1.54) is 49.3 Å². The minimum Gasteiger partial charge on any atom is -0.316 e. The van der Waals surface area contributed by atoms with Gasteiger partial charge in [-0.3, -0.25) is 0 Å². The van der Waals surface area contributed by atoms with E-state index in [0.717, 1.165) is 13.1 Å². The van der Waals surface area contributed by atoms with Gasteiger partial charge in [0.2, 0.25) is 0 Å². The number of hydrogen-bond acceptors (Lipinski definition) is 4. The summed E-state index contributed by atoms with van der Waals surface area (Å²) in [6.45, 7) is 8.83. The highest BCUT2D eigenvalue weighted by molar-refractivity contribution is 7.09. The topological polar surface area (TPSA) is 28.2 Å². The number of rotatable bonds is 7. The third-order valence-electron chi connectivity index (χ3n) is 4.28. The van der Waals surface area contributed by atoms with Crippen LogP contribution in [0.15, 0.2) is 5.51 Å². The standard InChI is InChI=1S/C15H27N3S/c1-4-16-10-15(7-5-6-8-15)11-18(3)9-14-13(2)17-12-19-14/h12,16H,4-11H2,1-3H3. The number of aryl methyl sites for hydroxylation is 1. The van der Waals surface area contributed by atoms with Crippen molar-refractivity contribution in [2.45, 2.75) is 46.1 Å². The Labute approximate surface area is 121 Å². The summed E-state index contributed by atoms with van der Waals surface area (Å²) in [5.41, 5.74) is 3.66. The van der Waals surface area contributed by atoms with E-state index in [4.69, 9.17) is 0 Å². The van der Waals surface area contributed by atoms with Crippen LogP contribution in [0.1, 0.15) is 43.2 Å². The second kappa shape index (κ2) is 6.82. The van der Waals surface area contributed by atoms with Crippen LogP contribution < -0.4 is 5.32 Å². The second-order valence-corrected chi connectivity index (χ2v) is 6.96. The molecule has 1 aliphatic rings. The lowest BCUT2D eigenvalue weighted by atomic mass is 9.85. The molecule has 0 radical (unpaired) electrons. The Balaban J connectivity index is 1.91. The number of aromatic nitrogens is 1. The number of nitrogens with zero attached hydrogens (tertiary/aromatic N) is 2. The Morgan fingerprint density at radius 3 is 2.74 bits per heavy atom. The SMILES string of the molecule is CCNCC1(CN(C)Cc2scnc2C)CCCC1. The van der Waals surface area contributed by atoms with Crippen LogP contribution >= 0.6 is 11.3 Å². The van der Waals surface area contributed by atoms with Crippen molar-refractivity contribution in [1.82, 2.24) is 15.2 Å². The smallest absolute Gasteiger partial charge is 0.0798 e. The lowest BCUT2D eigenvalue weighted by Crippen LogP contribution is -2.41. The Kier molecular flexibility index (Phi) is 5.37. The molecule has 0 atom stereocenters. The van der Waals surface area contributed by atoms with Crippen molar-refractivity contribution >= 4 is 11.3 Å². The van der Waals surface area contributed by atoms with E-state index < -0.39 is 0 Å². The Morgan fingerprint density at radius 2 is 2.16 bits per heavy atom. The van der Waals surface area contributed by atoms with Gasteiger partial charge in [0, 0.05) is 24.5 Å². The van der Waals surface area contributed by atoms with Crippen molar-refractivity contribution < 1.29 is 0 Å². The normalized spacial score (nSPS) is 18.3. The van der Waals surface area contributed by atoms with E-state index in [-0.39, 0.29) is 0 Å². The van der Waals surface area contributed by atoms with Crippen molar-refractivity contribution in [1.29, 1.82) is 0 Å². The zero-order chi connectivity index (χ0) is 13.7. The van der Waals surface area contributed by atoms with Crippen LogP contribution in [0.3, 0.4) is 0 Å². The van der Waals surface area contributed by atoms with Crippen molar-refractivity contribution in [2.24, 2.45) is 5.41 Å². The molecule has 1 aromatic rings. The van der Waals surface area contributed by atoms with Gasteiger partial charge in [0.15, 0.2) is 0 Å². The van der Waals surface area contributed by atoms with E-state index in [2.05, 4.69) is 36.1 Å². The van der Waals surface area contributed by atoms with Gasteiger partial charge in [-0.1, -0.05) is 19.8 Å². The van der Waals surface area contributed by atoms with Crippen LogP contribution in [0.25, 0.3) is 0 Å². The third-order valence-corrected chi connectivity index (χ3v) is 5.20. The molecule has 0 aromatic carbocycles. The molecule has 1 fully saturated rings. The van der Waals surface area contributed by atoms with Crippen LogP contribution in [0.5, 0.6) is 0 Å². The molecular weight excluding hydrogens is 254 g/mol. The van der Waals surface area contributed by atoms with Crippen LogP contribution in [-0.4, -0.2) is 36.6 Å². The Hall–Kier alpha value is -0.450. The molecule has 3 nitrogen and oxygen atoms in total. The minimum atomic E-state index is 0.503. The summed E-state index contributed by atoms with van der Waals surface area (Å²) in [5, 5.41) is 3.57. The molecule has 1 saturated carbocycles. The molecular formula is C15H27N3S. The van der Waals surface area contributed by atoms with Crippen LogP contribution in [-0.2, 0) is 6.54 Å². The lowest BCUT2D eigenvalue weighted by molar-refractivity contribution is 0.169. The number of nitrogens with one attached hydrogen (secondary N) is 1. The zero-order valence-electron chi connectivity index (χ0n) is 12.5. The van der Waals surface area contributed by atoms with Gasteiger partial charge in [-0.15, -0.1) is 11.3 Å². The number of hydrogen-bond donors (Lipinski definition) is 1.